The molecular weight excluding hydrogens is 638 g/mol. The van der Waals surface area contributed by atoms with E-state index in [1.54, 1.807) is 19.1 Å². The van der Waals surface area contributed by atoms with Gasteiger partial charge in [-0.2, -0.15) is 16.8 Å². The maximum atomic E-state index is 12.1. The van der Waals surface area contributed by atoms with Crippen LogP contribution in [0.3, 0.4) is 0 Å². The minimum absolute atomic E-state index is 0.0592. The highest BCUT2D eigenvalue weighted by Gasteiger charge is 2.46. The Labute approximate surface area is 247 Å². The van der Waals surface area contributed by atoms with Crippen LogP contribution in [0.1, 0.15) is 45.7 Å². The lowest BCUT2D eigenvalue weighted by Crippen LogP contribution is -2.39. The number of benzene rings is 2. The molecule has 2 aromatic rings. The summed E-state index contributed by atoms with van der Waals surface area (Å²) in [5.41, 5.74) is -2.66. The van der Waals surface area contributed by atoms with Crippen molar-refractivity contribution in [2.24, 2.45) is 0 Å². The highest BCUT2D eigenvalue weighted by molar-refractivity contribution is 7.96. The van der Waals surface area contributed by atoms with Crippen molar-refractivity contribution in [2.75, 3.05) is 6.61 Å². The van der Waals surface area contributed by atoms with Gasteiger partial charge in [-0.1, -0.05) is 58.5 Å². The topological polar surface area (TPSA) is 133 Å². The normalized spacial score (nSPS) is 16.4. The van der Waals surface area contributed by atoms with Gasteiger partial charge in [0.1, 0.15) is 22.0 Å². The average Bonchev–Trinajstić information content (AvgIpc) is 2.94. The van der Waals surface area contributed by atoms with Crippen LogP contribution < -0.4 is 0 Å². The Bertz CT molecular complexity index is 1460. The fourth-order valence-electron chi connectivity index (χ4n) is 3.24. The third kappa shape index (κ3) is 8.23. The fourth-order valence-corrected chi connectivity index (χ4v) is 7.72. The van der Waals surface area contributed by atoms with Crippen molar-refractivity contribution in [1.29, 1.82) is 0 Å². The van der Waals surface area contributed by atoms with Gasteiger partial charge in [0.15, 0.2) is 5.60 Å². The highest BCUT2D eigenvalue weighted by Crippen LogP contribution is 2.45. The van der Waals surface area contributed by atoms with E-state index in [1.807, 2.05) is 0 Å². The van der Waals surface area contributed by atoms with E-state index in [-0.39, 0.29) is 42.7 Å². The van der Waals surface area contributed by atoms with Crippen molar-refractivity contribution in [1.82, 2.24) is 0 Å². The maximum Gasteiger partial charge on any atom is 0.339 e. The van der Waals surface area contributed by atoms with Crippen molar-refractivity contribution in [2.45, 2.75) is 51.6 Å². The number of aliphatic hydroxyl groups is 1. The Morgan fingerprint density at radius 2 is 1.46 bits per heavy atom. The maximum absolute atomic E-state index is 12.1. The van der Waals surface area contributed by atoms with Gasteiger partial charge >= 0.3 is 16.1 Å². The molecule has 39 heavy (non-hydrogen) atoms. The minimum Gasteiger partial charge on any atom is -0.508 e. The van der Waals surface area contributed by atoms with E-state index in [0.29, 0.717) is 0 Å². The molecule has 0 atom stereocenters. The molecule has 0 spiro atoms. The van der Waals surface area contributed by atoms with Crippen LogP contribution in [0, 0.1) is 0 Å². The molecule has 0 bridgehead atoms. The smallest absolute Gasteiger partial charge is 0.339 e. The second-order valence-electron chi connectivity index (χ2n) is 9.04. The van der Waals surface area contributed by atoms with Crippen molar-refractivity contribution < 1.29 is 39.8 Å². The second-order valence-corrected chi connectivity index (χ2v) is 13.7. The summed E-state index contributed by atoms with van der Waals surface area (Å²) in [6.07, 6.45) is 0. The first-order chi connectivity index (χ1) is 17.8. The largest absolute Gasteiger partial charge is 0.508 e. The summed E-state index contributed by atoms with van der Waals surface area (Å²) >= 11 is 23.7. The summed E-state index contributed by atoms with van der Waals surface area (Å²) in [5.74, 6) is -1.70. The molecule has 0 amide bonds. The molecule has 1 N–H and O–H groups in total. The van der Waals surface area contributed by atoms with Gasteiger partial charge in [0.25, 0.3) is 10.1 Å². The SMILES string of the molecule is CC1(C)OS(=O)(=O)C(c2c(Cl)cccc2Cl)=C1O.CCOC(=O)C(C)(C)OS(=O)(=O)Cc1c(Cl)cccc1Cl. The van der Waals surface area contributed by atoms with Crippen molar-refractivity contribution >= 4 is 77.5 Å². The Balaban J connectivity index is 0.000000276. The van der Waals surface area contributed by atoms with Gasteiger partial charge in [0.05, 0.1) is 16.7 Å². The van der Waals surface area contributed by atoms with Crippen LogP contribution in [0.15, 0.2) is 42.2 Å². The van der Waals surface area contributed by atoms with E-state index in [2.05, 4.69) is 0 Å². The molecule has 216 valence electrons. The van der Waals surface area contributed by atoms with E-state index in [1.165, 1.54) is 52.0 Å². The van der Waals surface area contributed by atoms with Gasteiger partial charge in [-0.3, -0.25) is 8.37 Å². The summed E-state index contributed by atoms with van der Waals surface area (Å²) in [5, 5.41) is 10.7. The van der Waals surface area contributed by atoms with E-state index >= 15 is 0 Å². The van der Waals surface area contributed by atoms with Crippen molar-refractivity contribution in [3.63, 3.8) is 0 Å². The van der Waals surface area contributed by atoms with Gasteiger partial charge in [0, 0.05) is 21.2 Å². The van der Waals surface area contributed by atoms with Crippen molar-refractivity contribution in [3.8, 4) is 0 Å². The van der Waals surface area contributed by atoms with E-state index in [0.717, 1.165) is 0 Å². The van der Waals surface area contributed by atoms with Crippen LogP contribution >= 0.6 is 46.4 Å². The molecule has 0 unspecified atom stereocenters. The lowest BCUT2D eigenvalue weighted by molar-refractivity contribution is -0.158. The Morgan fingerprint density at radius 1 is 1.00 bits per heavy atom. The first-order valence-electron chi connectivity index (χ1n) is 11.1. The first-order valence-corrected chi connectivity index (χ1v) is 15.6. The van der Waals surface area contributed by atoms with Gasteiger partial charge in [-0.05, 0) is 58.9 Å². The predicted molar refractivity (Wildman–Crippen MR) is 151 cm³/mol. The molecule has 0 aliphatic carbocycles. The Morgan fingerprint density at radius 3 is 1.87 bits per heavy atom. The number of ether oxygens (including phenoxy) is 1. The molecular formula is C24H26Cl4O9S2. The van der Waals surface area contributed by atoms with Gasteiger partial charge < -0.3 is 9.84 Å². The van der Waals surface area contributed by atoms with Crippen LogP contribution in [0.2, 0.25) is 20.1 Å². The number of esters is 1. The summed E-state index contributed by atoms with van der Waals surface area (Å²) in [6.45, 7) is 7.26. The molecule has 15 heteroatoms. The highest BCUT2D eigenvalue weighted by atomic mass is 35.5. The summed E-state index contributed by atoms with van der Waals surface area (Å²) in [7, 11) is -8.15. The minimum atomic E-state index is -4.08. The zero-order valence-electron chi connectivity index (χ0n) is 21.4. The first kappa shape index (κ1) is 33.6. The van der Waals surface area contributed by atoms with Crippen LogP contribution in [0.25, 0.3) is 4.91 Å². The number of halogens is 4. The van der Waals surface area contributed by atoms with Crippen LogP contribution in [0.4, 0.5) is 0 Å². The summed E-state index contributed by atoms with van der Waals surface area (Å²) in [6, 6.07) is 9.21. The molecule has 1 aliphatic heterocycles. The van der Waals surface area contributed by atoms with Crippen LogP contribution in [-0.4, -0.2) is 45.7 Å². The molecule has 0 radical (unpaired) electrons. The third-order valence-corrected chi connectivity index (χ3v) is 9.21. The number of hydrogen-bond donors (Lipinski definition) is 1. The Kier molecular flexibility index (Phi) is 10.8. The predicted octanol–water partition coefficient (Wildman–Crippen LogP) is 6.54. The van der Waals surface area contributed by atoms with Gasteiger partial charge in [-0.15, -0.1) is 0 Å². The molecule has 0 aromatic heterocycles. The fraction of sp³-hybridized carbons (Fsp3) is 0.375. The monoisotopic (exact) mass is 662 g/mol. The van der Waals surface area contributed by atoms with Gasteiger partial charge in [-0.25, -0.2) is 4.79 Å². The number of carbonyl (C=O) groups excluding carboxylic acids is 1. The lowest BCUT2D eigenvalue weighted by atomic mass is 10.0. The average molecular weight is 664 g/mol. The quantitative estimate of drug-likeness (QED) is 0.259. The Hall–Kier alpha value is -1.57. The molecule has 0 saturated heterocycles. The van der Waals surface area contributed by atoms with E-state index in [4.69, 9.17) is 59.5 Å². The molecule has 3 rings (SSSR count). The standard InChI is InChI=1S/C13H16Cl2O5S.C11H10Cl2O4S/c1-4-19-12(16)13(2,3)20-21(17,18)8-9-10(14)6-5-7-11(9)15;1-11(2)10(14)9(18(15,16)17-11)8-6(12)4-3-5-7(8)13/h5-7H,4,8H2,1-3H3;3-5,14H,1-2H3. The molecule has 1 aliphatic rings. The van der Waals surface area contributed by atoms with Crippen LogP contribution in [0.5, 0.6) is 0 Å². The molecule has 9 nitrogen and oxygen atoms in total. The second kappa shape index (κ2) is 12.5. The molecule has 0 saturated carbocycles. The number of hydrogen-bond acceptors (Lipinski definition) is 9. The zero-order chi connectivity index (χ0) is 30.0. The number of rotatable bonds is 7. The molecule has 1 heterocycles. The van der Waals surface area contributed by atoms with E-state index < -0.39 is 48.9 Å². The lowest BCUT2D eigenvalue weighted by Gasteiger charge is -2.22. The van der Waals surface area contributed by atoms with Crippen LogP contribution in [-0.2, 0) is 43.9 Å². The summed E-state index contributed by atoms with van der Waals surface area (Å²) < 4.78 is 62.6. The number of carbonyl (C=O) groups is 1. The van der Waals surface area contributed by atoms with E-state index in [9.17, 15) is 26.7 Å². The molecule has 2 aromatic carbocycles. The third-order valence-electron chi connectivity index (χ3n) is 5.03. The summed E-state index contributed by atoms with van der Waals surface area (Å²) in [4.78, 5) is 11.3. The van der Waals surface area contributed by atoms with Crippen molar-refractivity contribution in [3.05, 3.63) is 73.4 Å². The number of aliphatic hydroxyl groups excluding tert-OH is 1. The molecule has 0 fully saturated rings. The zero-order valence-corrected chi connectivity index (χ0v) is 26.1. The van der Waals surface area contributed by atoms with Gasteiger partial charge in [0.2, 0.25) is 0 Å².